The SMILES string of the molecule is [B]c1c([B])c([B])c(CN[C@H]2CCCC[C@@H]2Cc2ccc3c(c2)CN(C2CCC(=O)NC2=O)C3=O)c([B])c1[B]. The molecule has 1 aliphatic carbocycles. The maximum atomic E-state index is 13.0. The van der Waals surface area contributed by atoms with Crippen molar-refractivity contribution < 1.29 is 14.4 Å². The molecule has 2 N–H and O–H groups in total. The molecule has 1 saturated heterocycles. The molecule has 2 aliphatic heterocycles. The number of imide groups is 1. The summed E-state index contributed by atoms with van der Waals surface area (Å²) in [7, 11) is 30.4. The first kappa shape index (κ1) is 26.9. The molecular formula is C27H26B5N3O3. The number of hydrogen-bond acceptors (Lipinski definition) is 4. The average molecular weight is 495 g/mol. The van der Waals surface area contributed by atoms with Crippen LogP contribution in [0.5, 0.6) is 0 Å². The number of carbonyl (C=O) groups is 3. The smallest absolute Gasteiger partial charge is 0.255 e. The summed E-state index contributed by atoms with van der Waals surface area (Å²) in [5.74, 6) is -0.460. The van der Waals surface area contributed by atoms with Crippen LogP contribution in [0.25, 0.3) is 0 Å². The molecule has 2 aromatic rings. The highest BCUT2D eigenvalue weighted by atomic mass is 16.2. The quantitative estimate of drug-likeness (QED) is 0.339. The molecule has 0 spiro atoms. The maximum absolute atomic E-state index is 13.0. The van der Waals surface area contributed by atoms with Crippen LogP contribution in [0.1, 0.15) is 65.6 Å². The molecule has 182 valence electrons. The van der Waals surface area contributed by atoms with Gasteiger partial charge in [0, 0.05) is 31.1 Å². The normalized spacial score (nSPS) is 23.4. The van der Waals surface area contributed by atoms with E-state index in [1.54, 1.807) is 4.90 Å². The molecule has 3 atom stereocenters. The minimum atomic E-state index is -0.612. The second-order valence-corrected chi connectivity index (χ2v) is 10.7. The maximum Gasteiger partial charge on any atom is 0.255 e. The van der Waals surface area contributed by atoms with Crippen LogP contribution in [0.15, 0.2) is 18.2 Å². The van der Waals surface area contributed by atoms with E-state index in [0.717, 1.165) is 43.2 Å². The van der Waals surface area contributed by atoms with E-state index in [9.17, 15) is 14.4 Å². The van der Waals surface area contributed by atoms with E-state index >= 15 is 0 Å². The molecule has 3 aliphatic rings. The minimum absolute atomic E-state index is 0.157. The molecule has 2 heterocycles. The Morgan fingerprint density at radius 1 is 0.895 bits per heavy atom. The molecule has 2 fully saturated rings. The van der Waals surface area contributed by atoms with Crippen molar-refractivity contribution in [1.29, 1.82) is 0 Å². The Kier molecular flexibility index (Phi) is 7.68. The lowest BCUT2D eigenvalue weighted by Gasteiger charge is -2.33. The Balaban J connectivity index is 1.28. The van der Waals surface area contributed by atoms with E-state index in [1.807, 2.05) is 12.1 Å². The Labute approximate surface area is 230 Å². The summed E-state index contributed by atoms with van der Waals surface area (Å²) in [5.41, 5.74) is 4.82. The predicted molar refractivity (Wildman–Crippen MR) is 152 cm³/mol. The standard InChI is InChI=1S/C27H26B5N3O3/c28-21-17(22(29)24(31)25(32)23(21)30)11-33-18-4-2-1-3-14(18)9-13-5-6-16-15(10-13)12-35(27(16)38)19-7-8-20(36)34-26(19)37/h5-6,10,14,18-19,33H,1-4,7-9,11-12H2,(H,34,36,37)/t14-,18+,19?/m1/s1. The molecule has 38 heavy (non-hydrogen) atoms. The van der Waals surface area contributed by atoms with Gasteiger partial charge in [-0.2, -0.15) is 0 Å². The third-order valence-electron chi connectivity index (χ3n) is 8.35. The number of nitrogens with one attached hydrogen (secondary N) is 2. The fourth-order valence-electron chi connectivity index (χ4n) is 6.11. The van der Waals surface area contributed by atoms with E-state index in [-0.39, 0.29) is 40.7 Å². The molecule has 2 aromatic carbocycles. The van der Waals surface area contributed by atoms with Crippen molar-refractivity contribution in [3.63, 3.8) is 0 Å². The van der Waals surface area contributed by atoms with Gasteiger partial charge in [-0.1, -0.05) is 25.0 Å². The number of fused-ring (bicyclic) bond motifs is 1. The van der Waals surface area contributed by atoms with E-state index in [2.05, 4.69) is 16.7 Å². The predicted octanol–water partition coefficient (Wildman–Crippen LogP) is -2.69. The van der Waals surface area contributed by atoms with Crippen LogP contribution < -0.4 is 37.9 Å². The lowest BCUT2D eigenvalue weighted by Crippen LogP contribution is -2.57. The summed E-state index contributed by atoms with van der Waals surface area (Å²) in [6.45, 7) is 0.812. The Morgan fingerprint density at radius 3 is 2.29 bits per heavy atom. The molecule has 0 aromatic heterocycles. The zero-order valence-electron chi connectivity index (χ0n) is 21.4. The summed E-state index contributed by atoms with van der Waals surface area (Å²) in [5, 5.41) is 5.98. The lowest BCUT2D eigenvalue weighted by atomic mass is 9.60. The van der Waals surface area contributed by atoms with Gasteiger partial charge in [-0.3, -0.25) is 19.7 Å². The molecule has 6 nitrogen and oxygen atoms in total. The van der Waals surface area contributed by atoms with Gasteiger partial charge in [0.25, 0.3) is 5.91 Å². The van der Waals surface area contributed by atoms with Crippen molar-refractivity contribution in [2.45, 2.75) is 70.1 Å². The van der Waals surface area contributed by atoms with Gasteiger partial charge in [0.15, 0.2) is 0 Å². The van der Waals surface area contributed by atoms with Crippen molar-refractivity contribution >= 4 is 84.3 Å². The van der Waals surface area contributed by atoms with Crippen LogP contribution in [0.4, 0.5) is 0 Å². The molecule has 10 radical (unpaired) electrons. The van der Waals surface area contributed by atoms with Gasteiger partial charge in [0.2, 0.25) is 11.8 Å². The number of piperidine rings is 1. The van der Waals surface area contributed by atoms with Crippen molar-refractivity contribution in [3.05, 3.63) is 40.5 Å². The van der Waals surface area contributed by atoms with E-state index in [1.165, 1.54) is 0 Å². The zero-order chi connectivity index (χ0) is 27.1. The van der Waals surface area contributed by atoms with Crippen molar-refractivity contribution in [2.24, 2.45) is 5.92 Å². The topological polar surface area (TPSA) is 78.5 Å². The van der Waals surface area contributed by atoms with Gasteiger partial charge in [-0.25, -0.2) is 0 Å². The first-order valence-electron chi connectivity index (χ1n) is 13.2. The number of amides is 3. The molecule has 3 amide bonds. The van der Waals surface area contributed by atoms with Crippen LogP contribution in [0.3, 0.4) is 0 Å². The monoisotopic (exact) mass is 495 g/mol. The molecular weight excluding hydrogens is 468 g/mol. The molecule has 1 saturated carbocycles. The molecule has 0 bridgehead atoms. The highest BCUT2D eigenvalue weighted by Crippen LogP contribution is 2.31. The van der Waals surface area contributed by atoms with Gasteiger partial charge in [-0.15, -0.1) is 27.3 Å². The van der Waals surface area contributed by atoms with Crippen LogP contribution in [-0.4, -0.2) is 73.9 Å². The highest BCUT2D eigenvalue weighted by Gasteiger charge is 2.39. The largest absolute Gasteiger partial charge is 0.322 e. The fraction of sp³-hybridized carbons (Fsp3) is 0.444. The molecule has 1 unspecified atom stereocenters. The third-order valence-corrected chi connectivity index (χ3v) is 8.35. The van der Waals surface area contributed by atoms with Gasteiger partial charge >= 0.3 is 0 Å². The number of rotatable bonds is 6. The summed E-state index contributed by atoms with van der Waals surface area (Å²) < 4.78 is 0. The third kappa shape index (κ3) is 5.02. The van der Waals surface area contributed by atoms with Gasteiger partial charge in [0.05, 0.1) is 0 Å². The second-order valence-electron chi connectivity index (χ2n) is 10.7. The summed E-state index contributed by atoms with van der Waals surface area (Å²) in [6, 6.07) is 5.60. The van der Waals surface area contributed by atoms with Crippen LogP contribution in [0, 0.1) is 5.92 Å². The lowest BCUT2D eigenvalue weighted by molar-refractivity contribution is -0.136. The van der Waals surface area contributed by atoms with Gasteiger partial charge in [-0.05, 0) is 54.4 Å². The van der Waals surface area contributed by atoms with E-state index in [0.29, 0.717) is 47.5 Å². The Bertz CT molecular complexity index is 1290. The van der Waals surface area contributed by atoms with E-state index < -0.39 is 11.9 Å². The summed E-state index contributed by atoms with van der Waals surface area (Å²) in [4.78, 5) is 38.5. The highest BCUT2D eigenvalue weighted by molar-refractivity contribution is 6.67. The van der Waals surface area contributed by atoms with Gasteiger partial charge in [0.1, 0.15) is 45.3 Å². The first-order chi connectivity index (χ1) is 18.2. The van der Waals surface area contributed by atoms with E-state index in [4.69, 9.17) is 39.2 Å². The fourth-order valence-corrected chi connectivity index (χ4v) is 6.11. The second kappa shape index (κ2) is 10.8. The van der Waals surface area contributed by atoms with Gasteiger partial charge < -0.3 is 10.2 Å². The molecule has 5 rings (SSSR count). The molecule has 11 heteroatoms. The van der Waals surface area contributed by atoms with Crippen LogP contribution >= 0.6 is 0 Å². The number of hydrogen-bond donors (Lipinski definition) is 2. The van der Waals surface area contributed by atoms with Crippen molar-refractivity contribution in [2.75, 3.05) is 0 Å². The number of carbonyl (C=O) groups excluding carboxylic acids is 3. The zero-order valence-corrected chi connectivity index (χ0v) is 21.4. The van der Waals surface area contributed by atoms with Crippen molar-refractivity contribution in [3.8, 4) is 0 Å². The average Bonchev–Trinajstić information content (AvgIpc) is 3.22. The summed E-state index contributed by atoms with van der Waals surface area (Å²) >= 11 is 0. The number of benzene rings is 2. The minimum Gasteiger partial charge on any atom is -0.322 e. The summed E-state index contributed by atoms with van der Waals surface area (Å²) in [6.07, 6.45) is 5.84. The first-order valence-corrected chi connectivity index (χ1v) is 13.2. The van der Waals surface area contributed by atoms with Crippen LogP contribution in [-0.2, 0) is 29.1 Å². The Morgan fingerprint density at radius 2 is 1.58 bits per heavy atom. The van der Waals surface area contributed by atoms with Crippen molar-refractivity contribution in [1.82, 2.24) is 15.5 Å². The van der Waals surface area contributed by atoms with Crippen LogP contribution in [0.2, 0.25) is 0 Å². The number of nitrogens with zero attached hydrogens (tertiary/aromatic N) is 1. The Hall–Kier alpha value is -2.67.